The van der Waals surface area contributed by atoms with Gasteiger partial charge in [-0.25, -0.2) is 0 Å². The minimum absolute atomic E-state index is 0.0370. The molecule has 246 valence electrons. The first-order valence-corrected chi connectivity index (χ1v) is 18.9. The van der Waals surface area contributed by atoms with Crippen LogP contribution >= 0.6 is 0 Å². The molecule has 4 nitrogen and oxygen atoms in total. The lowest BCUT2D eigenvalue weighted by Gasteiger charge is -2.49. The van der Waals surface area contributed by atoms with E-state index in [9.17, 15) is 0 Å². The summed E-state index contributed by atoms with van der Waals surface area (Å²) < 4.78 is 15.1. The van der Waals surface area contributed by atoms with Crippen molar-refractivity contribution in [2.24, 2.45) is 53.3 Å². The van der Waals surface area contributed by atoms with Crippen LogP contribution in [0, 0.1) is 53.3 Å². The van der Waals surface area contributed by atoms with Crippen LogP contribution in [0.15, 0.2) is 0 Å². The molecule has 1 unspecified atom stereocenters. The predicted octanol–water partition coefficient (Wildman–Crippen LogP) is 9.47. The zero-order valence-corrected chi connectivity index (χ0v) is 28.3. The SMILES string of the molecule is C1C2CC3CC1CC(C2)C3.C1C2CC3CC1CC(C2)C3.CCCC(O)CCC.CCOCC1CC1.CCOCC1CO1. The van der Waals surface area contributed by atoms with Gasteiger partial charge in [-0.3, -0.25) is 0 Å². The predicted molar refractivity (Wildman–Crippen MR) is 175 cm³/mol. The Morgan fingerprint density at radius 2 is 0.857 bits per heavy atom. The van der Waals surface area contributed by atoms with Crippen LogP contribution in [-0.2, 0) is 14.2 Å². The van der Waals surface area contributed by atoms with Crippen LogP contribution in [0.2, 0.25) is 0 Å². The Kier molecular flexibility index (Phi) is 15.5. The minimum Gasteiger partial charge on any atom is -0.393 e. The van der Waals surface area contributed by atoms with Crippen molar-refractivity contribution in [3.05, 3.63) is 0 Å². The van der Waals surface area contributed by atoms with Gasteiger partial charge in [-0.2, -0.15) is 0 Å². The molecule has 8 bridgehead atoms. The summed E-state index contributed by atoms with van der Waals surface area (Å²) >= 11 is 0. The summed E-state index contributed by atoms with van der Waals surface area (Å²) in [6.07, 6.45) is 26.6. The largest absolute Gasteiger partial charge is 0.393 e. The number of epoxide rings is 1. The zero-order chi connectivity index (χ0) is 29.7. The Bertz CT molecular complexity index is 530. The fourth-order valence-electron chi connectivity index (χ4n) is 9.76. The maximum Gasteiger partial charge on any atom is 0.104 e. The van der Waals surface area contributed by atoms with Gasteiger partial charge in [0.25, 0.3) is 0 Å². The molecule has 1 aliphatic heterocycles. The lowest BCUT2D eigenvalue weighted by molar-refractivity contribution is 0.0197. The first-order valence-electron chi connectivity index (χ1n) is 18.9. The van der Waals surface area contributed by atoms with Crippen molar-refractivity contribution in [2.75, 3.05) is 33.0 Å². The van der Waals surface area contributed by atoms with E-state index in [0.717, 1.165) is 64.6 Å². The average Bonchev–Trinajstić information content (AvgIpc) is 3.87. The van der Waals surface area contributed by atoms with Gasteiger partial charge in [0, 0.05) is 19.8 Å². The van der Waals surface area contributed by atoms with E-state index >= 15 is 0 Å². The fourth-order valence-corrected chi connectivity index (χ4v) is 9.76. The van der Waals surface area contributed by atoms with E-state index in [-0.39, 0.29) is 6.10 Å². The molecule has 1 N–H and O–H groups in total. The number of aliphatic hydroxyl groups excluding tert-OH is 1. The molecule has 0 aromatic heterocycles. The molecule has 0 spiro atoms. The van der Waals surface area contributed by atoms with E-state index < -0.39 is 0 Å². The lowest BCUT2D eigenvalue weighted by atomic mass is 9.56. The molecule has 0 aromatic carbocycles. The van der Waals surface area contributed by atoms with Crippen molar-refractivity contribution < 1.29 is 19.3 Å². The summed E-state index contributed by atoms with van der Waals surface area (Å²) in [6, 6.07) is 0. The van der Waals surface area contributed by atoms with Crippen LogP contribution in [0.3, 0.4) is 0 Å². The van der Waals surface area contributed by atoms with Crippen LogP contribution in [0.5, 0.6) is 0 Å². The van der Waals surface area contributed by atoms with Crippen molar-refractivity contribution in [3.8, 4) is 0 Å². The van der Waals surface area contributed by atoms with E-state index in [2.05, 4.69) is 13.8 Å². The Morgan fingerprint density at radius 3 is 1.10 bits per heavy atom. The fraction of sp³-hybridized carbons (Fsp3) is 1.00. The highest BCUT2D eigenvalue weighted by molar-refractivity contribution is 4.94. The van der Waals surface area contributed by atoms with Crippen LogP contribution in [-0.4, -0.2) is 50.3 Å². The van der Waals surface area contributed by atoms with Crippen LogP contribution in [0.25, 0.3) is 0 Å². The number of aliphatic hydroxyl groups is 1. The van der Waals surface area contributed by atoms with Gasteiger partial charge >= 0.3 is 0 Å². The van der Waals surface area contributed by atoms with E-state index in [1.807, 2.05) is 13.8 Å². The summed E-state index contributed by atoms with van der Waals surface area (Å²) in [6.45, 7) is 12.6. The molecule has 10 rings (SSSR count). The second-order valence-electron chi connectivity index (χ2n) is 15.7. The molecule has 1 heterocycles. The first-order chi connectivity index (χ1) is 20.5. The van der Waals surface area contributed by atoms with Crippen molar-refractivity contribution >= 4 is 0 Å². The third-order valence-electron chi connectivity index (χ3n) is 11.4. The standard InChI is InChI=1S/2C10H16.C7H16O.C6H12O.C5H10O2/c2*1-7-2-9-4-8(1)5-10(3-7)6-9;1-3-5-7(8)6-4-2;1-2-7-5-6-3-4-6;1-2-6-3-5-4-7-5/h2*7-10H,1-6H2;7-8H,3-6H2,1-2H3;6H,2-5H2,1H3;5H,2-4H2,1H3. The Labute approximate surface area is 260 Å². The summed E-state index contributed by atoms with van der Waals surface area (Å²) in [7, 11) is 0. The van der Waals surface area contributed by atoms with Gasteiger partial charge < -0.3 is 19.3 Å². The van der Waals surface area contributed by atoms with Gasteiger partial charge in [-0.05, 0) is 170 Å². The first kappa shape index (κ1) is 34.7. The van der Waals surface area contributed by atoms with Gasteiger partial charge in [0.05, 0.1) is 19.3 Å². The normalized spacial score (nSPS) is 37.4. The highest BCUT2D eigenvalue weighted by atomic mass is 16.6. The molecule has 9 aliphatic carbocycles. The number of ether oxygens (including phenoxy) is 3. The number of hydrogen-bond acceptors (Lipinski definition) is 4. The summed E-state index contributed by atoms with van der Waals surface area (Å²) in [5.41, 5.74) is 0. The maximum absolute atomic E-state index is 9.05. The molecule has 1 saturated heterocycles. The summed E-state index contributed by atoms with van der Waals surface area (Å²) in [5.74, 6) is 10.3. The quantitative estimate of drug-likeness (QED) is 0.258. The molecule has 0 amide bonds. The van der Waals surface area contributed by atoms with E-state index in [0.29, 0.717) is 6.10 Å². The van der Waals surface area contributed by atoms with Crippen LogP contribution in [0.4, 0.5) is 0 Å². The highest BCUT2D eigenvalue weighted by Crippen LogP contribution is 2.54. The summed E-state index contributed by atoms with van der Waals surface area (Å²) in [4.78, 5) is 0. The second kappa shape index (κ2) is 18.7. The molecule has 4 heteroatoms. The van der Waals surface area contributed by atoms with Gasteiger partial charge in [-0.1, -0.05) is 26.7 Å². The monoisotopic (exact) mass is 591 g/mol. The van der Waals surface area contributed by atoms with E-state index in [1.165, 1.54) is 60.2 Å². The van der Waals surface area contributed by atoms with Crippen LogP contribution < -0.4 is 0 Å². The smallest absolute Gasteiger partial charge is 0.104 e. The highest BCUT2D eigenvalue weighted by Gasteiger charge is 2.42. The zero-order valence-electron chi connectivity index (χ0n) is 28.3. The minimum atomic E-state index is -0.0370. The lowest BCUT2D eigenvalue weighted by Crippen LogP contribution is -2.38. The van der Waals surface area contributed by atoms with E-state index in [4.69, 9.17) is 19.3 Å². The average molecular weight is 591 g/mol. The Morgan fingerprint density at radius 1 is 0.548 bits per heavy atom. The van der Waals surface area contributed by atoms with Crippen molar-refractivity contribution in [3.63, 3.8) is 0 Å². The van der Waals surface area contributed by atoms with Gasteiger partial charge in [0.2, 0.25) is 0 Å². The van der Waals surface area contributed by atoms with Crippen molar-refractivity contribution in [2.45, 2.75) is 155 Å². The second-order valence-corrected chi connectivity index (χ2v) is 15.7. The molecule has 0 aromatic rings. The Hall–Kier alpha value is -0.160. The van der Waals surface area contributed by atoms with Gasteiger partial charge in [-0.15, -0.1) is 0 Å². The topological polar surface area (TPSA) is 51.2 Å². The molecular formula is C38H70O4. The van der Waals surface area contributed by atoms with Gasteiger partial charge in [0.1, 0.15) is 6.10 Å². The molecule has 10 aliphatic rings. The third kappa shape index (κ3) is 13.1. The molecule has 10 fully saturated rings. The third-order valence-corrected chi connectivity index (χ3v) is 11.4. The molecule has 9 saturated carbocycles. The number of hydrogen-bond donors (Lipinski definition) is 1. The van der Waals surface area contributed by atoms with Crippen LogP contribution in [0.1, 0.15) is 143 Å². The molecule has 1 atom stereocenters. The van der Waals surface area contributed by atoms with Gasteiger partial charge in [0.15, 0.2) is 0 Å². The number of rotatable bonds is 10. The molecule has 0 radical (unpaired) electrons. The maximum atomic E-state index is 9.05. The summed E-state index contributed by atoms with van der Waals surface area (Å²) in [5, 5.41) is 9.05. The van der Waals surface area contributed by atoms with Crippen molar-refractivity contribution in [1.29, 1.82) is 0 Å². The molecular weight excluding hydrogens is 520 g/mol. The molecule has 42 heavy (non-hydrogen) atoms. The van der Waals surface area contributed by atoms with E-state index in [1.54, 1.807) is 77.0 Å². The Balaban J connectivity index is 0.000000122. The van der Waals surface area contributed by atoms with Crippen molar-refractivity contribution in [1.82, 2.24) is 0 Å².